The summed E-state index contributed by atoms with van der Waals surface area (Å²) >= 11 is 0. The molecule has 2 N–H and O–H groups in total. The van der Waals surface area contributed by atoms with E-state index in [0.29, 0.717) is 28.1 Å². The number of phenolic OH excluding ortho intramolecular Hbond substituents is 1. The summed E-state index contributed by atoms with van der Waals surface area (Å²) in [6.07, 6.45) is -0.242. The van der Waals surface area contributed by atoms with Crippen molar-refractivity contribution in [1.82, 2.24) is 20.2 Å². The van der Waals surface area contributed by atoms with Crippen molar-refractivity contribution in [2.24, 2.45) is 7.05 Å². The molecule has 2 aromatic heterocycles. The fourth-order valence-electron chi connectivity index (χ4n) is 2.91. The maximum absolute atomic E-state index is 11.4. The minimum Gasteiger partial charge on any atom is -0.504 e. The zero-order valence-electron chi connectivity index (χ0n) is 13.7. The lowest BCUT2D eigenvalue weighted by molar-refractivity contribution is -0.136. The van der Waals surface area contributed by atoms with E-state index < -0.39 is 5.97 Å². The number of carboxylic acids is 1. The van der Waals surface area contributed by atoms with Crippen LogP contribution in [0.1, 0.15) is 5.56 Å². The molecule has 0 spiro atoms. The summed E-state index contributed by atoms with van der Waals surface area (Å²) in [5.74, 6) is -0.359. The van der Waals surface area contributed by atoms with Gasteiger partial charge in [0, 0.05) is 22.1 Å². The predicted octanol–water partition coefficient (Wildman–Crippen LogP) is 2.62. The van der Waals surface area contributed by atoms with E-state index in [1.165, 1.54) is 10.9 Å². The number of aryl methyl sites for hydroxylation is 1. The number of furan rings is 1. The molecule has 8 nitrogen and oxygen atoms in total. The number of fused-ring (bicyclic) bond motifs is 1. The second-order valence-electron chi connectivity index (χ2n) is 5.82. The summed E-state index contributed by atoms with van der Waals surface area (Å²) in [6.45, 7) is 0. The van der Waals surface area contributed by atoms with Gasteiger partial charge in [0.2, 0.25) is 5.82 Å². The zero-order valence-corrected chi connectivity index (χ0v) is 13.7. The van der Waals surface area contributed by atoms with Crippen molar-refractivity contribution in [3.8, 4) is 28.5 Å². The SMILES string of the molecule is Cn1nnc(-c2cc(O)c3oc(-c4ccccc4)c(CC(=O)O)c3c2)n1. The number of hydrogen-bond acceptors (Lipinski definition) is 6. The smallest absolute Gasteiger partial charge is 0.307 e. The molecule has 0 bridgehead atoms. The highest BCUT2D eigenvalue weighted by molar-refractivity contribution is 5.96. The molecule has 8 heteroatoms. The minimum absolute atomic E-state index is 0.112. The van der Waals surface area contributed by atoms with Crippen LogP contribution < -0.4 is 0 Å². The van der Waals surface area contributed by atoms with Crippen LogP contribution in [0.15, 0.2) is 46.9 Å². The van der Waals surface area contributed by atoms with Crippen LogP contribution in [0.3, 0.4) is 0 Å². The molecule has 4 rings (SSSR count). The number of phenols is 1. The Morgan fingerprint density at radius 3 is 2.62 bits per heavy atom. The maximum Gasteiger partial charge on any atom is 0.307 e. The molecule has 0 aliphatic heterocycles. The third-order valence-corrected chi connectivity index (χ3v) is 4.00. The van der Waals surface area contributed by atoms with Gasteiger partial charge < -0.3 is 14.6 Å². The fourth-order valence-corrected chi connectivity index (χ4v) is 2.91. The molecule has 2 heterocycles. The molecular formula is C18H14N4O4. The third-order valence-electron chi connectivity index (χ3n) is 4.00. The second kappa shape index (κ2) is 5.99. The number of aromatic hydroxyl groups is 1. The van der Waals surface area contributed by atoms with Gasteiger partial charge in [-0.25, -0.2) is 0 Å². The Labute approximate surface area is 147 Å². The van der Waals surface area contributed by atoms with E-state index in [4.69, 9.17) is 4.42 Å². The normalized spacial score (nSPS) is 11.1. The monoisotopic (exact) mass is 350 g/mol. The van der Waals surface area contributed by atoms with E-state index in [9.17, 15) is 15.0 Å². The van der Waals surface area contributed by atoms with Crippen molar-refractivity contribution in [2.45, 2.75) is 6.42 Å². The Balaban J connectivity index is 1.99. The van der Waals surface area contributed by atoms with Crippen LogP contribution in [0.2, 0.25) is 0 Å². The van der Waals surface area contributed by atoms with E-state index >= 15 is 0 Å². The lowest BCUT2D eigenvalue weighted by Crippen LogP contribution is -2.00. The van der Waals surface area contributed by atoms with Gasteiger partial charge in [0.1, 0.15) is 5.76 Å². The average Bonchev–Trinajstić information content (AvgIpc) is 3.20. The predicted molar refractivity (Wildman–Crippen MR) is 92.4 cm³/mol. The number of carboxylic acid groups (broad SMARTS) is 1. The highest BCUT2D eigenvalue weighted by Gasteiger charge is 2.22. The number of nitrogens with zero attached hydrogens (tertiary/aromatic N) is 4. The number of aliphatic carboxylic acids is 1. The number of rotatable bonds is 4. The number of aromatic nitrogens is 4. The van der Waals surface area contributed by atoms with Gasteiger partial charge in [-0.05, 0) is 17.3 Å². The van der Waals surface area contributed by atoms with Gasteiger partial charge in [-0.15, -0.1) is 10.2 Å². The van der Waals surface area contributed by atoms with Crippen molar-refractivity contribution in [3.05, 3.63) is 48.0 Å². The molecule has 0 radical (unpaired) electrons. The second-order valence-corrected chi connectivity index (χ2v) is 5.82. The summed E-state index contributed by atoms with van der Waals surface area (Å²) in [7, 11) is 1.64. The molecule has 0 fully saturated rings. The average molecular weight is 350 g/mol. The molecule has 0 amide bonds. The molecule has 26 heavy (non-hydrogen) atoms. The van der Waals surface area contributed by atoms with Crippen LogP contribution in [0, 0.1) is 0 Å². The van der Waals surface area contributed by atoms with E-state index in [2.05, 4.69) is 15.4 Å². The summed E-state index contributed by atoms with van der Waals surface area (Å²) in [6, 6.07) is 12.4. The largest absolute Gasteiger partial charge is 0.504 e. The topological polar surface area (TPSA) is 114 Å². The summed E-state index contributed by atoms with van der Waals surface area (Å²) < 4.78 is 5.84. The Kier molecular flexibility index (Phi) is 3.65. The van der Waals surface area contributed by atoms with Gasteiger partial charge in [-0.3, -0.25) is 4.79 Å². The van der Waals surface area contributed by atoms with Crippen molar-refractivity contribution in [3.63, 3.8) is 0 Å². The molecule has 130 valence electrons. The van der Waals surface area contributed by atoms with Gasteiger partial charge >= 0.3 is 5.97 Å². The van der Waals surface area contributed by atoms with E-state index in [-0.39, 0.29) is 17.8 Å². The van der Waals surface area contributed by atoms with Crippen molar-refractivity contribution in [2.75, 3.05) is 0 Å². The summed E-state index contributed by atoms with van der Waals surface area (Å²) in [5.41, 5.74) is 1.97. The van der Waals surface area contributed by atoms with Gasteiger partial charge in [-0.1, -0.05) is 30.3 Å². The number of tetrazole rings is 1. The summed E-state index contributed by atoms with van der Waals surface area (Å²) in [5, 5.41) is 32.1. The molecule has 2 aromatic carbocycles. The molecule has 0 aliphatic rings. The number of hydrogen-bond donors (Lipinski definition) is 2. The highest BCUT2D eigenvalue weighted by atomic mass is 16.4. The van der Waals surface area contributed by atoms with E-state index in [0.717, 1.165) is 5.56 Å². The first-order valence-electron chi connectivity index (χ1n) is 7.83. The standard InChI is InChI=1S/C18H14N4O4/c1-22-20-18(19-21-22)11-7-12-13(9-15(24)25)16(10-5-3-2-4-6-10)26-17(12)14(23)8-11/h2-8,23H,9H2,1H3,(H,24,25). The molecular weight excluding hydrogens is 336 g/mol. The molecule has 4 aromatic rings. The minimum atomic E-state index is -0.993. The first kappa shape index (κ1) is 15.8. The van der Waals surface area contributed by atoms with Gasteiger partial charge in [0.15, 0.2) is 11.3 Å². The molecule has 0 unspecified atom stereocenters. The molecule has 0 atom stereocenters. The molecule has 0 aliphatic carbocycles. The van der Waals surface area contributed by atoms with Crippen molar-refractivity contribution < 1.29 is 19.4 Å². The highest BCUT2D eigenvalue weighted by Crippen LogP contribution is 2.40. The van der Waals surface area contributed by atoms with Crippen LogP contribution >= 0.6 is 0 Å². The van der Waals surface area contributed by atoms with E-state index in [1.807, 2.05) is 30.3 Å². The van der Waals surface area contributed by atoms with Crippen LogP contribution in [0.25, 0.3) is 33.7 Å². The Bertz CT molecular complexity index is 1120. The first-order valence-corrected chi connectivity index (χ1v) is 7.83. The Hall–Kier alpha value is -3.68. The molecule has 0 saturated heterocycles. The van der Waals surface area contributed by atoms with Gasteiger partial charge in [0.25, 0.3) is 0 Å². The van der Waals surface area contributed by atoms with Crippen LogP contribution in [0.5, 0.6) is 5.75 Å². The van der Waals surface area contributed by atoms with Crippen molar-refractivity contribution >= 4 is 16.9 Å². The third kappa shape index (κ3) is 2.67. The molecule has 0 saturated carbocycles. The van der Waals surface area contributed by atoms with Crippen molar-refractivity contribution in [1.29, 1.82) is 0 Å². The fraction of sp³-hybridized carbons (Fsp3) is 0.111. The van der Waals surface area contributed by atoms with Gasteiger partial charge in [-0.2, -0.15) is 4.80 Å². The lowest BCUT2D eigenvalue weighted by Gasteiger charge is -2.01. The first-order chi connectivity index (χ1) is 12.5. The van der Waals surface area contributed by atoms with Crippen LogP contribution in [-0.2, 0) is 18.3 Å². The zero-order chi connectivity index (χ0) is 18.3. The Morgan fingerprint density at radius 1 is 1.19 bits per heavy atom. The maximum atomic E-state index is 11.4. The van der Waals surface area contributed by atoms with Crippen LogP contribution in [0.4, 0.5) is 0 Å². The Morgan fingerprint density at radius 2 is 1.96 bits per heavy atom. The van der Waals surface area contributed by atoms with Gasteiger partial charge in [0.05, 0.1) is 13.5 Å². The van der Waals surface area contributed by atoms with Crippen LogP contribution in [-0.4, -0.2) is 36.4 Å². The quantitative estimate of drug-likeness (QED) is 0.581. The number of carbonyl (C=O) groups is 1. The lowest BCUT2D eigenvalue weighted by atomic mass is 10.0. The van der Waals surface area contributed by atoms with E-state index in [1.54, 1.807) is 13.1 Å². The number of benzene rings is 2. The summed E-state index contributed by atoms with van der Waals surface area (Å²) in [4.78, 5) is 12.7.